The fourth-order valence-electron chi connectivity index (χ4n) is 4.18. The minimum atomic E-state index is -4.13. The number of rotatable bonds is 11. The van der Waals surface area contributed by atoms with Gasteiger partial charge in [0.05, 0.1) is 10.6 Å². The average Bonchev–Trinajstić information content (AvgIpc) is 2.88. The van der Waals surface area contributed by atoms with Crippen LogP contribution in [0.15, 0.2) is 77.7 Å². The zero-order valence-corrected chi connectivity index (χ0v) is 23.7. The highest BCUT2D eigenvalue weighted by Crippen LogP contribution is 2.27. The number of carbonyl (C=O) groups excluding carboxylic acids is 2. The quantitative estimate of drug-likeness (QED) is 0.357. The van der Waals surface area contributed by atoms with Crippen LogP contribution in [0.3, 0.4) is 0 Å². The van der Waals surface area contributed by atoms with Gasteiger partial charge in [-0.3, -0.25) is 13.9 Å². The number of nitrogens with zero attached hydrogens (tertiary/aromatic N) is 2. The summed E-state index contributed by atoms with van der Waals surface area (Å²) < 4.78 is 28.7. The molecule has 0 saturated carbocycles. The predicted molar refractivity (Wildman–Crippen MR) is 152 cm³/mol. The minimum absolute atomic E-state index is 0.0529. The summed E-state index contributed by atoms with van der Waals surface area (Å²) >= 11 is 6.21. The number of nitrogens with one attached hydrogen (secondary N) is 1. The lowest BCUT2D eigenvalue weighted by molar-refractivity contribution is -0.140. The van der Waals surface area contributed by atoms with Gasteiger partial charge in [-0.05, 0) is 68.7 Å². The van der Waals surface area contributed by atoms with Crippen LogP contribution in [0.1, 0.15) is 37.0 Å². The number of carbonyl (C=O) groups is 2. The lowest BCUT2D eigenvalue weighted by atomic mass is 10.1. The summed E-state index contributed by atoms with van der Waals surface area (Å²) in [5.41, 5.74) is 3.01. The first-order valence-electron chi connectivity index (χ1n) is 12.5. The number of amides is 2. The maximum Gasteiger partial charge on any atom is 0.264 e. The standard InChI is InChI=1S/C29H34ClN3O4S/c1-5-27(29(35)31-6-2)32(19-23-11-8-7-10-22(23)4)28(34)20-33(25-13-9-12-24(30)18-25)38(36,37)26-16-14-21(3)15-17-26/h7-18,27H,5-6,19-20H2,1-4H3,(H,31,35). The molecule has 7 nitrogen and oxygen atoms in total. The van der Waals surface area contributed by atoms with E-state index in [-0.39, 0.29) is 23.0 Å². The lowest BCUT2D eigenvalue weighted by Crippen LogP contribution is -2.52. The van der Waals surface area contributed by atoms with E-state index in [2.05, 4.69) is 5.32 Å². The first-order valence-corrected chi connectivity index (χ1v) is 14.4. The molecule has 0 spiro atoms. The van der Waals surface area contributed by atoms with Crippen molar-refractivity contribution in [1.82, 2.24) is 10.2 Å². The van der Waals surface area contributed by atoms with Crippen LogP contribution in [0.25, 0.3) is 0 Å². The van der Waals surface area contributed by atoms with Crippen molar-refractivity contribution in [2.75, 3.05) is 17.4 Å². The first-order chi connectivity index (χ1) is 18.1. The molecule has 1 unspecified atom stereocenters. The van der Waals surface area contributed by atoms with E-state index in [1.165, 1.54) is 23.1 Å². The second-order valence-corrected chi connectivity index (χ2v) is 11.4. The number of anilines is 1. The van der Waals surface area contributed by atoms with Gasteiger partial charge in [-0.1, -0.05) is 66.6 Å². The summed E-state index contributed by atoms with van der Waals surface area (Å²) in [6.07, 6.45) is 0.366. The molecule has 3 aromatic carbocycles. The molecule has 3 aromatic rings. The number of benzene rings is 3. The Balaban J connectivity index is 2.07. The molecule has 0 aliphatic heterocycles. The molecular weight excluding hydrogens is 522 g/mol. The monoisotopic (exact) mass is 555 g/mol. The molecule has 2 amide bonds. The highest BCUT2D eigenvalue weighted by Gasteiger charge is 2.33. The molecule has 0 fully saturated rings. The number of likely N-dealkylation sites (N-methyl/N-ethyl adjacent to an activating group) is 1. The second-order valence-electron chi connectivity index (χ2n) is 9.07. The SMILES string of the molecule is CCNC(=O)C(CC)N(Cc1ccccc1C)C(=O)CN(c1cccc(Cl)c1)S(=O)(=O)c1ccc(C)cc1. The van der Waals surface area contributed by atoms with E-state index in [0.29, 0.717) is 18.0 Å². The largest absolute Gasteiger partial charge is 0.355 e. The molecule has 1 N–H and O–H groups in total. The predicted octanol–water partition coefficient (Wildman–Crippen LogP) is 5.10. The van der Waals surface area contributed by atoms with Crippen molar-refractivity contribution >= 4 is 39.1 Å². The normalized spacial score (nSPS) is 12.0. The van der Waals surface area contributed by atoms with E-state index in [4.69, 9.17) is 11.6 Å². The summed E-state index contributed by atoms with van der Waals surface area (Å²) in [4.78, 5) is 28.5. The minimum Gasteiger partial charge on any atom is -0.355 e. The van der Waals surface area contributed by atoms with Gasteiger partial charge in [-0.25, -0.2) is 8.42 Å². The van der Waals surface area contributed by atoms with E-state index in [1.807, 2.05) is 52.0 Å². The third-order valence-corrected chi connectivity index (χ3v) is 8.35. The van der Waals surface area contributed by atoms with Crippen LogP contribution in [0.4, 0.5) is 5.69 Å². The van der Waals surface area contributed by atoms with E-state index in [0.717, 1.165) is 21.0 Å². The van der Waals surface area contributed by atoms with Gasteiger partial charge < -0.3 is 10.2 Å². The fraction of sp³-hybridized carbons (Fsp3) is 0.310. The average molecular weight is 556 g/mol. The van der Waals surface area contributed by atoms with Crippen LogP contribution in [-0.2, 0) is 26.2 Å². The molecule has 1 atom stereocenters. The third kappa shape index (κ3) is 6.94. The van der Waals surface area contributed by atoms with Crippen LogP contribution < -0.4 is 9.62 Å². The van der Waals surface area contributed by atoms with E-state index in [9.17, 15) is 18.0 Å². The molecule has 0 aliphatic carbocycles. The number of hydrogen-bond donors (Lipinski definition) is 1. The first kappa shape index (κ1) is 29.2. The number of sulfonamides is 1. The zero-order chi connectivity index (χ0) is 27.9. The van der Waals surface area contributed by atoms with Gasteiger partial charge >= 0.3 is 0 Å². The molecule has 9 heteroatoms. The van der Waals surface area contributed by atoms with Crippen LogP contribution in [0, 0.1) is 13.8 Å². The maximum atomic E-state index is 14.0. The van der Waals surface area contributed by atoms with Gasteiger partial charge in [-0.15, -0.1) is 0 Å². The number of hydrogen-bond acceptors (Lipinski definition) is 4. The molecule has 38 heavy (non-hydrogen) atoms. The van der Waals surface area contributed by atoms with Crippen molar-refractivity contribution in [1.29, 1.82) is 0 Å². The second kappa shape index (κ2) is 12.9. The molecule has 0 saturated heterocycles. The molecule has 0 bridgehead atoms. The van der Waals surface area contributed by atoms with Gasteiger partial charge in [0, 0.05) is 18.1 Å². The van der Waals surface area contributed by atoms with Crippen molar-refractivity contribution < 1.29 is 18.0 Å². The fourth-order valence-corrected chi connectivity index (χ4v) is 5.77. The summed E-state index contributed by atoms with van der Waals surface area (Å²) in [5.74, 6) is -0.783. The summed E-state index contributed by atoms with van der Waals surface area (Å²) in [7, 11) is -4.13. The number of halogens is 1. The molecular formula is C29H34ClN3O4S. The van der Waals surface area contributed by atoms with Crippen LogP contribution in [-0.4, -0.2) is 44.3 Å². The Morgan fingerprint density at radius 3 is 2.24 bits per heavy atom. The Labute approximate surface area is 230 Å². The molecule has 0 heterocycles. The van der Waals surface area contributed by atoms with Crippen LogP contribution in [0.5, 0.6) is 0 Å². The van der Waals surface area contributed by atoms with Crippen molar-refractivity contribution in [2.45, 2.75) is 51.6 Å². The molecule has 3 rings (SSSR count). The van der Waals surface area contributed by atoms with Crippen molar-refractivity contribution in [2.24, 2.45) is 0 Å². The van der Waals surface area contributed by atoms with Gasteiger partial charge in [0.15, 0.2) is 0 Å². The summed E-state index contributed by atoms with van der Waals surface area (Å²) in [6.45, 7) is 7.52. The van der Waals surface area contributed by atoms with Crippen LogP contribution in [0.2, 0.25) is 5.02 Å². The molecule has 202 valence electrons. The lowest BCUT2D eigenvalue weighted by Gasteiger charge is -2.33. The summed E-state index contributed by atoms with van der Waals surface area (Å²) in [5, 5.41) is 3.14. The molecule has 0 radical (unpaired) electrons. The maximum absolute atomic E-state index is 14.0. The Morgan fingerprint density at radius 1 is 0.947 bits per heavy atom. The zero-order valence-electron chi connectivity index (χ0n) is 22.1. The summed E-state index contributed by atoms with van der Waals surface area (Å²) in [6, 6.07) is 19.7. The van der Waals surface area contributed by atoms with Gasteiger partial charge in [0.25, 0.3) is 10.0 Å². The highest BCUT2D eigenvalue weighted by molar-refractivity contribution is 7.92. The van der Waals surface area contributed by atoms with Crippen molar-refractivity contribution in [3.8, 4) is 0 Å². The van der Waals surface area contributed by atoms with Crippen LogP contribution >= 0.6 is 11.6 Å². The van der Waals surface area contributed by atoms with Crippen molar-refractivity contribution in [3.05, 3.63) is 94.5 Å². The molecule has 0 aromatic heterocycles. The number of aryl methyl sites for hydroxylation is 2. The van der Waals surface area contributed by atoms with E-state index in [1.54, 1.807) is 30.3 Å². The Morgan fingerprint density at radius 2 is 1.63 bits per heavy atom. The van der Waals surface area contributed by atoms with Gasteiger partial charge in [0.1, 0.15) is 12.6 Å². The molecule has 0 aliphatic rings. The topological polar surface area (TPSA) is 86.8 Å². The Kier molecular flexibility index (Phi) is 9.94. The highest BCUT2D eigenvalue weighted by atomic mass is 35.5. The van der Waals surface area contributed by atoms with Crippen molar-refractivity contribution in [3.63, 3.8) is 0 Å². The van der Waals surface area contributed by atoms with E-state index >= 15 is 0 Å². The Hall–Kier alpha value is -3.36. The smallest absolute Gasteiger partial charge is 0.264 e. The van der Waals surface area contributed by atoms with Gasteiger partial charge in [-0.2, -0.15) is 0 Å². The van der Waals surface area contributed by atoms with Gasteiger partial charge in [0.2, 0.25) is 11.8 Å². The Bertz CT molecular complexity index is 1380. The third-order valence-electron chi connectivity index (χ3n) is 6.32. The van der Waals surface area contributed by atoms with E-state index < -0.39 is 28.5 Å².